The summed E-state index contributed by atoms with van der Waals surface area (Å²) in [7, 11) is 0. The summed E-state index contributed by atoms with van der Waals surface area (Å²) in [4.78, 5) is 14.5. The summed E-state index contributed by atoms with van der Waals surface area (Å²) in [6, 6.07) is 15.6. The summed E-state index contributed by atoms with van der Waals surface area (Å²) in [6.07, 6.45) is 0.0514. The highest BCUT2D eigenvalue weighted by Crippen LogP contribution is 2.24. The summed E-state index contributed by atoms with van der Waals surface area (Å²) < 4.78 is 5.73. The lowest BCUT2D eigenvalue weighted by Crippen LogP contribution is -2.23. The van der Waals surface area contributed by atoms with Gasteiger partial charge in [0.1, 0.15) is 5.75 Å². The van der Waals surface area contributed by atoms with Crippen molar-refractivity contribution in [2.45, 2.75) is 33.8 Å². The summed E-state index contributed by atoms with van der Waals surface area (Å²) >= 11 is 0. The number of rotatable bonds is 9. The number of ether oxygens (including phenoxy) is 1. The fraction of sp³-hybridized carbons (Fsp3) is 0.381. The maximum atomic E-state index is 12.3. The molecule has 0 atom stereocenters. The highest BCUT2D eigenvalue weighted by Gasteiger charge is 2.09. The summed E-state index contributed by atoms with van der Waals surface area (Å²) in [5.74, 6) is 0.567. The number of carbonyl (C=O) groups excluding carboxylic acids is 1. The molecule has 0 spiro atoms. The molecule has 1 amide bonds. The van der Waals surface area contributed by atoms with E-state index in [4.69, 9.17) is 4.74 Å². The Morgan fingerprint density at radius 1 is 1.04 bits per heavy atom. The van der Waals surface area contributed by atoms with Gasteiger partial charge in [-0.3, -0.25) is 4.79 Å². The molecule has 0 aliphatic rings. The Labute approximate surface area is 156 Å². The molecule has 140 valence electrons. The minimum atomic E-state index is -0.113. The van der Waals surface area contributed by atoms with Gasteiger partial charge in [0, 0.05) is 24.5 Å². The van der Waals surface area contributed by atoms with Gasteiger partial charge in [-0.25, -0.2) is 0 Å². The zero-order chi connectivity index (χ0) is 18.9. The SMILES string of the molecule is CCN(CC)c1ccc(NCC(=O)Nc2ccccc2OC(C)C)cc1. The molecular weight excluding hydrogens is 326 g/mol. The maximum absolute atomic E-state index is 12.3. The van der Waals surface area contributed by atoms with Crippen molar-refractivity contribution < 1.29 is 9.53 Å². The minimum Gasteiger partial charge on any atom is -0.489 e. The fourth-order valence-electron chi connectivity index (χ4n) is 2.68. The molecule has 2 aromatic rings. The van der Waals surface area contributed by atoms with E-state index in [1.807, 2.05) is 50.2 Å². The molecule has 0 fully saturated rings. The van der Waals surface area contributed by atoms with Crippen molar-refractivity contribution in [1.29, 1.82) is 0 Å². The molecule has 0 unspecified atom stereocenters. The second-order valence-electron chi connectivity index (χ2n) is 6.28. The van der Waals surface area contributed by atoms with Crippen molar-refractivity contribution in [2.75, 3.05) is 35.2 Å². The number of hydrogen-bond donors (Lipinski definition) is 2. The van der Waals surface area contributed by atoms with Crippen LogP contribution in [0.4, 0.5) is 17.1 Å². The number of carbonyl (C=O) groups is 1. The topological polar surface area (TPSA) is 53.6 Å². The highest BCUT2D eigenvalue weighted by atomic mass is 16.5. The average Bonchev–Trinajstić information content (AvgIpc) is 2.63. The third-order valence-corrected chi connectivity index (χ3v) is 3.97. The van der Waals surface area contributed by atoms with Crippen LogP contribution in [0.1, 0.15) is 27.7 Å². The minimum absolute atomic E-state index is 0.0514. The number of nitrogens with zero attached hydrogens (tertiary/aromatic N) is 1. The van der Waals surface area contributed by atoms with Crippen molar-refractivity contribution in [1.82, 2.24) is 0 Å². The smallest absolute Gasteiger partial charge is 0.243 e. The standard InChI is InChI=1S/C21H29N3O2/c1-5-24(6-2)18-13-11-17(12-14-18)22-15-21(25)23-19-9-7-8-10-20(19)26-16(3)4/h7-14,16,22H,5-6,15H2,1-4H3,(H,23,25). The van der Waals surface area contributed by atoms with E-state index in [2.05, 4.69) is 41.5 Å². The largest absolute Gasteiger partial charge is 0.489 e. The summed E-state index contributed by atoms with van der Waals surface area (Å²) in [5, 5.41) is 6.06. The number of nitrogens with one attached hydrogen (secondary N) is 2. The molecule has 2 N–H and O–H groups in total. The van der Waals surface area contributed by atoms with Crippen molar-refractivity contribution in [3.8, 4) is 5.75 Å². The fourth-order valence-corrected chi connectivity index (χ4v) is 2.68. The van der Waals surface area contributed by atoms with E-state index in [0.717, 1.165) is 18.8 Å². The first-order chi connectivity index (χ1) is 12.5. The van der Waals surface area contributed by atoms with Gasteiger partial charge in [-0.2, -0.15) is 0 Å². The molecule has 0 saturated carbocycles. The molecule has 2 aromatic carbocycles. The van der Waals surface area contributed by atoms with Gasteiger partial charge in [-0.05, 0) is 64.1 Å². The molecule has 0 aliphatic carbocycles. The predicted molar refractivity (Wildman–Crippen MR) is 109 cm³/mol. The van der Waals surface area contributed by atoms with Crippen molar-refractivity contribution in [3.05, 3.63) is 48.5 Å². The van der Waals surface area contributed by atoms with Gasteiger partial charge in [0.05, 0.1) is 18.3 Å². The van der Waals surface area contributed by atoms with Crippen LogP contribution < -0.4 is 20.3 Å². The number of amides is 1. The number of para-hydroxylation sites is 2. The second-order valence-corrected chi connectivity index (χ2v) is 6.28. The van der Waals surface area contributed by atoms with Gasteiger partial charge in [0.15, 0.2) is 0 Å². The van der Waals surface area contributed by atoms with Gasteiger partial charge in [0.25, 0.3) is 0 Å². The van der Waals surface area contributed by atoms with Crippen LogP contribution in [0.25, 0.3) is 0 Å². The number of hydrogen-bond acceptors (Lipinski definition) is 4. The van der Waals surface area contributed by atoms with E-state index < -0.39 is 0 Å². The molecule has 0 aliphatic heterocycles. The monoisotopic (exact) mass is 355 g/mol. The molecular formula is C21H29N3O2. The number of anilines is 3. The second kappa shape index (κ2) is 9.70. The molecule has 26 heavy (non-hydrogen) atoms. The van der Waals surface area contributed by atoms with Crippen LogP contribution in [0, 0.1) is 0 Å². The highest BCUT2D eigenvalue weighted by molar-refractivity contribution is 5.95. The van der Waals surface area contributed by atoms with Gasteiger partial charge in [-0.15, -0.1) is 0 Å². The predicted octanol–water partition coefficient (Wildman–Crippen LogP) is 4.37. The normalized spacial score (nSPS) is 10.5. The lowest BCUT2D eigenvalue weighted by atomic mass is 10.2. The quantitative estimate of drug-likeness (QED) is 0.701. The Bertz CT molecular complexity index is 695. The lowest BCUT2D eigenvalue weighted by molar-refractivity contribution is -0.114. The molecule has 5 heteroatoms. The molecule has 0 saturated heterocycles. The number of benzene rings is 2. The van der Waals surface area contributed by atoms with Gasteiger partial charge < -0.3 is 20.3 Å². The van der Waals surface area contributed by atoms with Crippen LogP contribution in [-0.4, -0.2) is 31.6 Å². The van der Waals surface area contributed by atoms with Crippen LogP contribution in [0.15, 0.2) is 48.5 Å². The van der Waals surface area contributed by atoms with Crippen molar-refractivity contribution >= 4 is 23.0 Å². The van der Waals surface area contributed by atoms with Crippen LogP contribution in [0.5, 0.6) is 5.75 Å². The molecule has 2 rings (SSSR count). The Kier molecular flexibility index (Phi) is 7.33. The Hall–Kier alpha value is -2.69. The first-order valence-corrected chi connectivity index (χ1v) is 9.17. The summed E-state index contributed by atoms with van der Waals surface area (Å²) in [6.45, 7) is 10.3. The van der Waals surface area contributed by atoms with Crippen LogP contribution in [0.2, 0.25) is 0 Å². The maximum Gasteiger partial charge on any atom is 0.243 e. The molecule has 0 aromatic heterocycles. The molecule has 0 heterocycles. The Balaban J connectivity index is 1.91. The van der Waals surface area contributed by atoms with Gasteiger partial charge in [0.2, 0.25) is 5.91 Å². The molecule has 0 radical (unpaired) electrons. The van der Waals surface area contributed by atoms with Crippen molar-refractivity contribution in [3.63, 3.8) is 0 Å². The van der Waals surface area contributed by atoms with E-state index >= 15 is 0 Å². The van der Waals surface area contributed by atoms with Crippen LogP contribution >= 0.6 is 0 Å². The first kappa shape index (κ1) is 19.6. The Morgan fingerprint density at radius 2 is 1.69 bits per heavy atom. The van der Waals surface area contributed by atoms with E-state index in [9.17, 15) is 4.79 Å². The zero-order valence-electron chi connectivity index (χ0n) is 16.1. The van der Waals surface area contributed by atoms with E-state index in [-0.39, 0.29) is 18.6 Å². The lowest BCUT2D eigenvalue weighted by Gasteiger charge is -2.21. The zero-order valence-corrected chi connectivity index (χ0v) is 16.1. The third-order valence-electron chi connectivity index (χ3n) is 3.97. The van der Waals surface area contributed by atoms with Crippen molar-refractivity contribution in [2.24, 2.45) is 0 Å². The van der Waals surface area contributed by atoms with Crippen LogP contribution in [-0.2, 0) is 4.79 Å². The third kappa shape index (κ3) is 5.69. The van der Waals surface area contributed by atoms with Gasteiger partial charge >= 0.3 is 0 Å². The van der Waals surface area contributed by atoms with E-state index in [1.54, 1.807) is 0 Å². The molecule has 0 bridgehead atoms. The van der Waals surface area contributed by atoms with Crippen LogP contribution in [0.3, 0.4) is 0 Å². The summed E-state index contributed by atoms with van der Waals surface area (Å²) in [5.41, 5.74) is 2.79. The Morgan fingerprint density at radius 3 is 2.31 bits per heavy atom. The van der Waals surface area contributed by atoms with Gasteiger partial charge in [-0.1, -0.05) is 12.1 Å². The van der Waals surface area contributed by atoms with E-state index in [1.165, 1.54) is 5.69 Å². The molecule has 5 nitrogen and oxygen atoms in total. The first-order valence-electron chi connectivity index (χ1n) is 9.17. The average molecular weight is 355 g/mol. The van der Waals surface area contributed by atoms with E-state index in [0.29, 0.717) is 11.4 Å².